The molecule has 22 heavy (non-hydrogen) atoms. The highest BCUT2D eigenvalue weighted by Crippen LogP contribution is 2.49. The number of benzene rings is 1. The van der Waals surface area contributed by atoms with Crippen LogP contribution in [0.4, 0.5) is 0 Å². The zero-order valence-corrected chi connectivity index (χ0v) is 15.4. The van der Waals surface area contributed by atoms with Crippen molar-refractivity contribution in [3.63, 3.8) is 0 Å². The first-order chi connectivity index (χ1) is 10.1. The summed E-state index contributed by atoms with van der Waals surface area (Å²) in [6.45, 7) is 11.5. The van der Waals surface area contributed by atoms with Crippen LogP contribution in [0.25, 0.3) is 0 Å². The summed E-state index contributed by atoms with van der Waals surface area (Å²) in [6, 6.07) is 0. The molecular formula is C15H14Br2O5. The fourth-order valence-electron chi connectivity index (χ4n) is 1.29. The Morgan fingerprint density at radius 3 is 1.68 bits per heavy atom. The second-order valence-electron chi connectivity index (χ2n) is 4.60. The van der Waals surface area contributed by atoms with Crippen molar-refractivity contribution in [2.24, 2.45) is 0 Å². The number of hydrogen-bond donors (Lipinski definition) is 1. The molecule has 1 aromatic carbocycles. The van der Waals surface area contributed by atoms with Gasteiger partial charge in [0.15, 0.2) is 11.5 Å². The molecule has 118 valence electrons. The van der Waals surface area contributed by atoms with Gasteiger partial charge in [0, 0.05) is 16.7 Å². The molecule has 0 aromatic heterocycles. The summed E-state index contributed by atoms with van der Waals surface area (Å²) in [6.07, 6.45) is 0. The Bertz CT molecular complexity index is 633. The molecule has 0 radical (unpaired) electrons. The average molecular weight is 434 g/mol. The van der Waals surface area contributed by atoms with Crippen molar-refractivity contribution < 1.29 is 24.2 Å². The smallest absolute Gasteiger partial charge is 0.338 e. The van der Waals surface area contributed by atoms with Gasteiger partial charge in [-0.1, -0.05) is 13.2 Å². The van der Waals surface area contributed by atoms with E-state index in [4.69, 9.17) is 9.47 Å². The standard InChI is InChI=1S/C15H14Br2O5/c1-6(2)14(19)21-12-9(16)8(5)11(18)10(17)13(12)22-15(20)7(3)4/h18H,1,3H2,2,4-5H3. The van der Waals surface area contributed by atoms with E-state index in [1.54, 1.807) is 6.92 Å². The minimum absolute atomic E-state index is 0.0372. The monoisotopic (exact) mass is 432 g/mol. The zero-order chi connectivity index (χ0) is 17.2. The highest BCUT2D eigenvalue weighted by molar-refractivity contribution is 9.11. The number of hydrogen-bond acceptors (Lipinski definition) is 5. The maximum Gasteiger partial charge on any atom is 0.338 e. The van der Waals surface area contributed by atoms with E-state index in [0.29, 0.717) is 5.56 Å². The van der Waals surface area contributed by atoms with Crippen LogP contribution in [0.5, 0.6) is 17.2 Å². The van der Waals surface area contributed by atoms with E-state index in [9.17, 15) is 14.7 Å². The number of esters is 2. The molecule has 0 aliphatic carbocycles. The van der Waals surface area contributed by atoms with Gasteiger partial charge in [-0.05, 0) is 52.6 Å². The van der Waals surface area contributed by atoms with Gasteiger partial charge in [0.05, 0.1) is 4.47 Å². The molecule has 1 N–H and O–H groups in total. The summed E-state index contributed by atoms with van der Waals surface area (Å²) in [7, 11) is 0. The van der Waals surface area contributed by atoms with Gasteiger partial charge in [-0.3, -0.25) is 0 Å². The van der Waals surface area contributed by atoms with Gasteiger partial charge < -0.3 is 14.6 Å². The van der Waals surface area contributed by atoms with Crippen LogP contribution in [0.15, 0.2) is 33.2 Å². The molecule has 0 unspecified atom stereocenters. The molecule has 1 aromatic rings. The normalized spacial score (nSPS) is 10.0. The lowest BCUT2D eigenvalue weighted by Crippen LogP contribution is -2.14. The fraction of sp³-hybridized carbons (Fsp3) is 0.200. The molecule has 0 bridgehead atoms. The van der Waals surface area contributed by atoms with Gasteiger partial charge in [-0.15, -0.1) is 0 Å². The van der Waals surface area contributed by atoms with Gasteiger partial charge in [0.25, 0.3) is 0 Å². The van der Waals surface area contributed by atoms with E-state index < -0.39 is 11.9 Å². The summed E-state index contributed by atoms with van der Waals surface area (Å²) in [5.41, 5.74) is 0.734. The van der Waals surface area contributed by atoms with Crippen molar-refractivity contribution in [3.8, 4) is 17.2 Å². The van der Waals surface area contributed by atoms with Gasteiger partial charge in [-0.2, -0.15) is 0 Å². The number of phenols is 1. The van der Waals surface area contributed by atoms with E-state index in [0.717, 1.165) is 0 Å². The van der Waals surface area contributed by atoms with E-state index in [1.165, 1.54) is 13.8 Å². The minimum Gasteiger partial charge on any atom is -0.506 e. The van der Waals surface area contributed by atoms with Crippen molar-refractivity contribution in [2.75, 3.05) is 0 Å². The van der Waals surface area contributed by atoms with E-state index >= 15 is 0 Å². The summed E-state index contributed by atoms with van der Waals surface area (Å²) < 4.78 is 10.7. The van der Waals surface area contributed by atoms with Crippen molar-refractivity contribution in [3.05, 3.63) is 38.8 Å². The maximum absolute atomic E-state index is 11.8. The summed E-state index contributed by atoms with van der Waals surface area (Å²) in [5, 5.41) is 10.0. The molecule has 0 fully saturated rings. The lowest BCUT2D eigenvalue weighted by atomic mass is 10.2. The van der Waals surface area contributed by atoms with Crippen LogP contribution < -0.4 is 9.47 Å². The molecule has 7 heteroatoms. The minimum atomic E-state index is -0.719. The first-order valence-corrected chi connectivity index (χ1v) is 7.62. The Labute approximate surface area is 144 Å². The SMILES string of the molecule is C=C(C)C(=O)Oc1c(Br)c(C)c(O)c(Br)c1OC(=O)C(=C)C. The lowest BCUT2D eigenvalue weighted by Gasteiger charge is -2.17. The molecule has 0 amide bonds. The largest absolute Gasteiger partial charge is 0.506 e. The third kappa shape index (κ3) is 3.78. The molecule has 0 aliphatic heterocycles. The molecule has 1 rings (SSSR count). The predicted octanol–water partition coefficient (Wildman–Crippen LogP) is 4.19. The number of carbonyl (C=O) groups excluding carboxylic acids is 2. The fourth-order valence-corrected chi connectivity index (χ4v) is 2.29. The Balaban J connectivity index is 3.50. The molecular weight excluding hydrogens is 420 g/mol. The molecule has 0 atom stereocenters. The van der Waals surface area contributed by atoms with Crippen LogP contribution in [0.1, 0.15) is 19.4 Å². The summed E-state index contributed by atoms with van der Waals surface area (Å²) in [4.78, 5) is 23.5. The quantitative estimate of drug-likeness (QED) is 0.437. The maximum atomic E-state index is 11.8. The Morgan fingerprint density at radius 1 is 0.955 bits per heavy atom. The van der Waals surface area contributed by atoms with Gasteiger partial charge >= 0.3 is 11.9 Å². The second-order valence-corrected chi connectivity index (χ2v) is 6.19. The van der Waals surface area contributed by atoms with Crippen LogP contribution in [0.2, 0.25) is 0 Å². The first-order valence-electron chi connectivity index (χ1n) is 6.03. The third-order valence-electron chi connectivity index (χ3n) is 2.58. The van der Waals surface area contributed by atoms with Crippen molar-refractivity contribution in [2.45, 2.75) is 20.8 Å². The number of halogens is 2. The predicted molar refractivity (Wildman–Crippen MR) is 89.1 cm³/mol. The second kappa shape index (κ2) is 7.11. The number of carbonyl (C=O) groups is 2. The van der Waals surface area contributed by atoms with Gasteiger partial charge in [0.1, 0.15) is 10.2 Å². The molecule has 0 saturated heterocycles. The van der Waals surface area contributed by atoms with Crippen LogP contribution in [-0.4, -0.2) is 17.0 Å². The third-order valence-corrected chi connectivity index (χ3v) is 4.27. The number of phenolic OH excluding ortho intramolecular Hbond substituents is 1. The summed E-state index contributed by atoms with van der Waals surface area (Å²) in [5.74, 6) is -1.72. The average Bonchev–Trinajstić information content (AvgIpc) is 2.45. The van der Waals surface area contributed by atoms with Crippen molar-refractivity contribution in [1.29, 1.82) is 0 Å². The Hall–Kier alpha value is -1.60. The highest BCUT2D eigenvalue weighted by atomic mass is 79.9. The van der Waals surface area contributed by atoms with E-state index in [2.05, 4.69) is 45.0 Å². The Morgan fingerprint density at radius 2 is 1.32 bits per heavy atom. The zero-order valence-electron chi connectivity index (χ0n) is 12.3. The van der Waals surface area contributed by atoms with Crippen molar-refractivity contribution >= 4 is 43.8 Å². The van der Waals surface area contributed by atoms with Crippen LogP contribution >= 0.6 is 31.9 Å². The van der Waals surface area contributed by atoms with Crippen LogP contribution in [0, 0.1) is 6.92 Å². The lowest BCUT2D eigenvalue weighted by molar-refractivity contribution is -0.132. The van der Waals surface area contributed by atoms with Crippen molar-refractivity contribution in [1.82, 2.24) is 0 Å². The summed E-state index contributed by atoms with van der Waals surface area (Å²) >= 11 is 6.35. The van der Waals surface area contributed by atoms with Crippen LogP contribution in [-0.2, 0) is 9.59 Å². The van der Waals surface area contributed by atoms with E-state index in [1.807, 2.05) is 0 Å². The van der Waals surface area contributed by atoms with Gasteiger partial charge in [-0.25, -0.2) is 9.59 Å². The molecule has 0 saturated carbocycles. The molecule has 0 aliphatic rings. The van der Waals surface area contributed by atoms with Crippen LogP contribution in [0.3, 0.4) is 0 Å². The Kier molecular flexibility index (Phi) is 5.96. The van der Waals surface area contributed by atoms with E-state index in [-0.39, 0.29) is 37.3 Å². The molecule has 0 spiro atoms. The molecule has 5 nitrogen and oxygen atoms in total. The molecule has 0 heterocycles. The topological polar surface area (TPSA) is 72.8 Å². The first kappa shape index (κ1) is 18.4. The van der Waals surface area contributed by atoms with Gasteiger partial charge in [0.2, 0.25) is 0 Å². The number of rotatable bonds is 4. The number of aromatic hydroxyl groups is 1. The number of ether oxygens (including phenoxy) is 2. The highest BCUT2D eigenvalue weighted by Gasteiger charge is 2.26.